The molecule has 172 valence electrons. The molecule has 1 saturated heterocycles. The number of sulfonamides is 1. The van der Waals surface area contributed by atoms with Gasteiger partial charge in [0.15, 0.2) is 6.04 Å². The highest BCUT2D eigenvalue weighted by molar-refractivity contribution is 7.89. The van der Waals surface area contributed by atoms with Crippen molar-refractivity contribution in [3.05, 3.63) is 42.3 Å². The third-order valence-electron chi connectivity index (χ3n) is 4.91. The summed E-state index contributed by atoms with van der Waals surface area (Å²) in [6.45, 7) is 2.32. The fourth-order valence-corrected chi connectivity index (χ4v) is 4.72. The zero-order valence-electron chi connectivity index (χ0n) is 17.4. The fraction of sp³-hybridized carbons (Fsp3) is 0.350. The molecule has 0 saturated carbocycles. The Bertz CT molecular complexity index is 1110. The molecule has 1 fully saturated rings. The van der Waals surface area contributed by atoms with Crippen LogP contribution < -0.4 is 15.2 Å². The third-order valence-corrected chi connectivity index (χ3v) is 6.34. The number of hydrogen-bond acceptors (Lipinski definition) is 7. The molecule has 32 heavy (non-hydrogen) atoms. The van der Waals surface area contributed by atoms with Gasteiger partial charge in [-0.1, -0.05) is 6.07 Å². The summed E-state index contributed by atoms with van der Waals surface area (Å²) in [6.07, 6.45) is 1.46. The van der Waals surface area contributed by atoms with Crippen molar-refractivity contribution in [3.8, 4) is 17.0 Å². The van der Waals surface area contributed by atoms with Crippen LogP contribution in [0.25, 0.3) is 11.3 Å². The number of morpholine rings is 1. The van der Waals surface area contributed by atoms with Gasteiger partial charge < -0.3 is 20.1 Å². The molecule has 12 heteroatoms. The van der Waals surface area contributed by atoms with Gasteiger partial charge in [-0.15, -0.1) is 0 Å². The van der Waals surface area contributed by atoms with Gasteiger partial charge in [0, 0.05) is 18.3 Å². The van der Waals surface area contributed by atoms with Gasteiger partial charge in [-0.25, -0.2) is 12.8 Å². The van der Waals surface area contributed by atoms with E-state index in [4.69, 9.17) is 15.2 Å². The maximum absolute atomic E-state index is 14.4. The second-order valence-electron chi connectivity index (χ2n) is 7.11. The number of nitrogens with two attached hydrogens (primary N) is 1. The van der Waals surface area contributed by atoms with E-state index in [0.717, 1.165) is 12.1 Å². The van der Waals surface area contributed by atoms with Crippen molar-refractivity contribution in [1.29, 1.82) is 0 Å². The molecule has 10 nitrogen and oxygen atoms in total. The Balaban J connectivity index is 2.02. The van der Waals surface area contributed by atoms with Gasteiger partial charge in [-0.3, -0.25) is 14.6 Å². The maximum Gasteiger partial charge on any atom is 0.250 e. The molecule has 1 aromatic heterocycles. The lowest BCUT2D eigenvalue weighted by molar-refractivity contribution is -0.144. The normalized spacial score (nSPS) is 17.6. The Morgan fingerprint density at radius 2 is 2.12 bits per heavy atom. The Morgan fingerprint density at radius 1 is 1.38 bits per heavy atom. The van der Waals surface area contributed by atoms with E-state index in [1.165, 1.54) is 18.2 Å². The first-order valence-electron chi connectivity index (χ1n) is 9.64. The van der Waals surface area contributed by atoms with Crippen molar-refractivity contribution in [2.75, 3.05) is 26.9 Å². The third kappa shape index (κ3) is 4.87. The number of hydrogen-bond donors (Lipinski definition) is 2. The molecular formula is C20H23FN4O6S. The Kier molecular flexibility index (Phi) is 7.06. The predicted octanol–water partition coefficient (Wildman–Crippen LogP) is 0.276. The maximum atomic E-state index is 14.4. The van der Waals surface area contributed by atoms with Gasteiger partial charge in [0.2, 0.25) is 15.9 Å². The van der Waals surface area contributed by atoms with E-state index in [0.29, 0.717) is 0 Å². The molecule has 0 aliphatic carbocycles. The smallest absolute Gasteiger partial charge is 0.250 e. The summed E-state index contributed by atoms with van der Waals surface area (Å²) in [4.78, 5) is 29.7. The van der Waals surface area contributed by atoms with Crippen molar-refractivity contribution in [3.63, 3.8) is 0 Å². The average molecular weight is 466 g/mol. The number of aromatic nitrogens is 1. The number of halogens is 1. The number of carbonyl (C=O) groups excluding carboxylic acids is 2. The zero-order valence-corrected chi connectivity index (χ0v) is 18.3. The molecule has 1 aliphatic heterocycles. The van der Waals surface area contributed by atoms with Crippen LogP contribution in [-0.4, -0.2) is 69.1 Å². The van der Waals surface area contributed by atoms with Gasteiger partial charge in [0.25, 0.3) is 5.91 Å². The molecule has 3 rings (SSSR count). The first-order valence-corrected chi connectivity index (χ1v) is 11.1. The van der Waals surface area contributed by atoms with Gasteiger partial charge in [-0.2, -0.15) is 4.72 Å². The van der Waals surface area contributed by atoms with E-state index in [1.807, 2.05) is 4.72 Å². The molecule has 3 N–H and O–H groups in total. The fourth-order valence-electron chi connectivity index (χ4n) is 3.36. The number of amides is 2. The van der Waals surface area contributed by atoms with E-state index < -0.39 is 38.6 Å². The number of pyridine rings is 1. The molecule has 1 aromatic carbocycles. The van der Waals surface area contributed by atoms with Crippen LogP contribution in [-0.2, 0) is 24.3 Å². The zero-order chi connectivity index (χ0) is 23.5. The minimum atomic E-state index is -4.62. The van der Waals surface area contributed by atoms with Crippen LogP contribution in [0.1, 0.15) is 6.92 Å². The van der Waals surface area contributed by atoms with Crippen molar-refractivity contribution in [2.24, 2.45) is 5.73 Å². The summed E-state index contributed by atoms with van der Waals surface area (Å²) < 4.78 is 53.2. The molecule has 2 heterocycles. The molecule has 0 bridgehead atoms. The minimum absolute atomic E-state index is 0.0808. The number of rotatable bonds is 7. The standard InChI is InChI=1S/C20H23FN4O6S/c1-12-11-31-8-7-25(12)20(27)17(19(22)26)24-32(28,29)16-10-13(21)9-14(18(16)30-2)15-5-3-4-6-23-15/h3-6,9-10,12,17,24H,7-8,11H2,1-2H3,(H2,22,26)/t12-,17-/m0/s1. The molecule has 0 unspecified atom stereocenters. The lowest BCUT2D eigenvalue weighted by Crippen LogP contribution is -2.59. The summed E-state index contributed by atoms with van der Waals surface area (Å²) in [5, 5.41) is 0. The van der Waals surface area contributed by atoms with Crippen LogP contribution in [0.15, 0.2) is 41.4 Å². The van der Waals surface area contributed by atoms with Crippen molar-refractivity contribution >= 4 is 21.8 Å². The van der Waals surface area contributed by atoms with Gasteiger partial charge in [0.05, 0.1) is 32.1 Å². The highest BCUT2D eigenvalue weighted by Crippen LogP contribution is 2.35. The van der Waals surface area contributed by atoms with E-state index in [1.54, 1.807) is 25.1 Å². The number of nitrogens with zero attached hydrogens (tertiary/aromatic N) is 2. The summed E-state index contributed by atoms with van der Waals surface area (Å²) in [7, 11) is -3.41. The van der Waals surface area contributed by atoms with E-state index in [9.17, 15) is 22.4 Å². The molecule has 2 amide bonds. The molecule has 0 radical (unpaired) electrons. The van der Waals surface area contributed by atoms with Crippen molar-refractivity contribution in [1.82, 2.24) is 14.6 Å². The number of benzene rings is 1. The molecule has 0 spiro atoms. The predicted molar refractivity (Wildman–Crippen MR) is 111 cm³/mol. The topological polar surface area (TPSA) is 141 Å². The SMILES string of the molecule is COc1c(-c2ccccn2)cc(F)cc1S(=O)(=O)N[C@@H](C(N)=O)C(=O)N1CCOC[C@@H]1C. The molecular weight excluding hydrogens is 443 g/mol. The lowest BCUT2D eigenvalue weighted by atomic mass is 10.1. The van der Waals surface area contributed by atoms with E-state index >= 15 is 0 Å². The number of primary amides is 1. The second kappa shape index (κ2) is 9.59. The summed E-state index contributed by atoms with van der Waals surface area (Å²) >= 11 is 0. The Morgan fingerprint density at radius 3 is 2.72 bits per heavy atom. The number of carbonyl (C=O) groups is 2. The van der Waals surface area contributed by atoms with Crippen molar-refractivity contribution < 1.29 is 31.9 Å². The number of methoxy groups -OCH3 is 1. The van der Waals surface area contributed by atoms with E-state index in [2.05, 4.69) is 4.98 Å². The van der Waals surface area contributed by atoms with Crippen LogP contribution >= 0.6 is 0 Å². The first-order chi connectivity index (χ1) is 15.2. The number of nitrogens with one attached hydrogen (secondary N) is 1. The second-order valence-corrected chi connectivity index (χ2v) is 8.79. The molecule has 2 atom stereocenters. The van der Waals surface area contributed by atoms with Crippen LogP contribution in [0.2, 0.25) is 0 Å². The molecule has 1 aliphatic rings. The van der Waals surface area contributed by atoms with Crippen LogP contribution in [0.3, 0.4) is 0 Å². The summed E-state index contributed by atoms with van der Waals surface area (Å²) in [5.74, 6) is -3.10. The summed E-state index contributed by atoms with van der Waals surface area (Å²) in [5.41, 5.74) is 5.69. The summed E-state index contributed by atoms with van der Waals surface area (Å²) in [6, 6.07) is 4.36. The monoisotopic (exact) mass is 466 g/mol. The van der Waals surface area contributed by atoms with E-state index in [-0.39, 0.29) is 42.8 Å². The van der Waals surface area contributed by atoms with Gasteiger partial charge in [0.1, 0.15) is 16.5 Å². The highest BCUT2D eigenvalue weighted by Gasteiger charge is 2.37. The average Bonchev–Trinajstić information content (AvgIpc) is 2.77. The Hall–Kier alpha value is -3.09. The van der Waals surface area contributed by atoms with Crippen LogP contribution in [0.5, 0.6) is 5.75 Å². The molecule has 2 aromatic rings. The van der Waals surface area contributed by atoms with Crippen molar-refractivity contribution in [2.45, 2.75) is 23.9 Å². The number of ether oxygens (including phenoxy) is 2. The highest BCUT2D eigenvalue weighted by atomic mass is 32.2. The first kappa shape index (κ1) is 23.6. The van der Waals surface area contributed by atoms with Gasteiger partial charge >= 0.3 is 0 Å². The van der Waals surface area contributed by atoms with Crippen LogP contribution in [0, 0.1) is 5.82 Å². The lowest BCUT2D eigenvalue weighted by Gasteiger charge is -2.35. The quantitative estimate of drug-likeness (QED) is 0.558. The Labute approximate surface area is 184 Å². The van der Waals surface area contributed by atoms with Crippen LogP contribution in [0.4, 0.5) is 4.39 Å². The minimum Gasteiger partial charge on any atom is -0.495 e. The van der Waals surface area contributed by atoms with Gasteiger partial charge in [-0.05, 0) is 31.2 Å². The largest absolute Gasteiger partial charge is 0.495 e.